The summed E-state index contributed by atoms with van der Waals surface area (Å²) in [6, 6.07) is 3.47. The monoisotopic (exact) mass is 809 g/mol. The van der Waals surface area contributed by atoms with E-state index in [1.54, 1.807) is 0 Å². The first-order chi connectivity index (χ1) is 25.8. The van der Waals surface area contributed by atoms with Gasteiger partial charge < -0.3 is 63.6 Å². The van der Waals surface area contributed by atoms with Crippen molar-refractivity contribution in [2.45, 2.75) is 18.8 Å². The largest absolute Gasteiger partial charge is 0.492 e. The molecule has 0 fully saturated rings. The number of thiocarbonyl (C=S) groups is 1. The van der Waals surface area contributed by atoms with Gasteiger partial charge in [-0.15, -0.1) is 4.73 Å². The van der Waals surface area contributed by atoms with Crippen LogP contribution >= 0.6 is 12.2 Å². The van der Waals surface area contributed by atoms with Crippen LogP contribution in [0, 0.1) is 0 Å². The number of hydrogen-bond donors (Lipinski definition) is 4. The molecule has 1 heterocycles. The number of aromatic nitrogens is 1. The zero-order chi connectivity index (χ0) is 39.7. The highest BCUT2D eigenvalue weighted by Crippen LogP contribution is 2.37. The van der Waals surface area contributed by atoms with Crippen molar-refractivity contribution in [3.8, 4) is 11.8 Å². The maximum absolute atomic E-state index is 13.0. The van der Waals surface area contributed by atoms with Crippen LogP contribution in [-0.2, 0) is 55.0 Å². The van der Waals surface area contributed by atoms with Crippen molar-refractivity contribution in [2.24, 2.45) is 0 Å². The third-order valence-electron chi connectivity index (χ3n) is 6.42. The Hall–Kier alpha value is -3.48. The first-order valence-corrected chi connectivity index (χ1v) is 17.0. The molecular formula is C32H45F6N3O12S. The third kappa shape index (κ3) is 21.4. The second-order valence-corrected chi connectivity index (χ2v) is 11.0. The van der Waals surface area contributed by atoms with E-state index in [4.69, 9.17) is 55.0 Å². The number of carbonyl (C=O) groups is 1. The highest BCUT2D eigenvalue weighted by atomic mass is 32.1. The lowest BCUT2D eigenvalue weighted by Gasteiger charge is -2.16. The average molecular weight is 810 g/mol. The molecule has 54 heavy (non-hydrogen) atoms. The molecule has 0 aliphatic carbocycles. The van der Waals surface area contributed by atoms with E-state index in [9.17, 15) is 41.4 Å². The molecule has 2 rings (SSSR count). The average Bonchev–Trinajstić information content (AvgIpc) is 3.42. The van der Waals surface area contributed by atoms with E-state index in [0.717, 1.165) is 0 Å². The molecule has 0 amide bonds. The summed E-state index contributed by atoms with van der Waals surface area (Å²) >= 11 is 4.95. The summed E-state index contributed by atoms with van der Waals surface area (Å²) in [7, 11) is 0. The Labute approximate surface area is 312 Å². The van der Waals surface area contributed by atoms with Crippen LogP contribution in [0.15, 0.2) is 30.3 Å². The van der Waals surface area contributed by atoms with Crippen molar-refractivity contribution in [1.82, 2.24) is 10.0 Å². The van der Waals surface area contributed by atoms with Gasteiger partial charge in [-0.3, -0.25) is 0 Å². The Morgan fingerprint density at radius 3 is 1.31 bits per heavy atom. The maximum Gasteiger partial charge on any atom is 0.416 e. The SMILES string of the molecule is O=C(CCOCCOCCOCCOCCOCCOCCOCCOCCNC(=S)Nc1cc(C(F)(F)F)cc(C(F)(F)F)c1)On1c(O)ccc1O. The number of ether oxygens (including phenoxy) is 8. The van der Waals surface area contributed by atoms with Crippen molar-refractivity contribution >= 4 is 29.0 Å². The maximum atomic E-state index is 13.0. The Kier molecular flexibility index (Phi) is 22.8. The second-order valence-electron chi connectivity index (χ2n) is 10.6. The molecule has 2 aromatic rings. The Morgan fingerprint density at radius 1 is 0.593 bits per heavy atom. The van der Waals surface area contributed by atoms with Crippen molar-refractivity contribution in [3.05, 3.63) is 41.5 Å². The Bertz CT molecular complexity index is 1300. The summed E-state index contributed by atoms with van der Waals surface area (Å²) < 4.78 is 122. The van der Waals surface area contributed by atoms with Gasteiger partial charge in [-0.25, -0.2) is 4.79 Å². The Balaban J connectivity index is 1.28. The molecule has 1 aromatic carbocycles. The van der Waals surface area contributed by atoms with E-state index in [2.05, 4.69) is 10.6 Å². The zero-order valence-electron chi connectivity index (χ0n) is 29.2. The quantitative estimate of drug-likeness (QED) is 0.0536. The van der Waals surface area contributed by atoms with Gasteiger partial charge in [-0.1, -0.05) is 0 Å². The number of halogens is 6. The first kappa shape index (κ1) is 46.7. The molecule has 1 aromatic heterocycles. The van der Waals surface area contributed by atoms with E-state index >= 15 is 0 Å². The van der Waals surface area contributed by atoms with Crippen LogP contribution in [0.5, 0.6) is 11.8 Å². The summed E-state index contributed by atoms with van der Waals surface area (Å²) in [5.74, 6) is -1.49. The molecule has 0 aliphatic heterocycles. The van der Waals surface area contributed by atoms with Crippen molar-refractivity contribution in [3.63, 3.8) is 0 Å². The summed E-state index contributed by atoms with van der Waals surface area (Å²) in [4.78, 5) is 16.5. The smallest absolute Gasteiger partial charge is 0.416 e. The van der Waals surface area contributed by atoms with Gasteiger partial charge in [0.15, 0.2) is 5.11 Å². The van der Waals surface area contributed by atoms with Crippen molar-refractivity contribution in [1.29, 1.82) is 0 Å². The van der Waals surface area contributed by atoms with E-state index in [0.29, 0.717) is 89.5 Å². The standard InChI is InChI=1S/C32H45F6N3O12S/c33-31(34,35)24-21-25(32(36,37)38)23-26(22-24)40-30(54)39-4-6-46-8-10-48-12-14-50-16-18-52-20-19-51-17-15-49-13-11-47-9-7-45-5-3-29(44)53-41-27(42)1-2-28(41)43/h1-2,21-23,42-43H,3-20H2,(H2,39,40,54). The van der Waals surface area contributed by atoms with Crippen LogP contribution in [0.4, 0.5) is 32.0 Å². The molecule has 22 heteroatoms. The predicted molar refractivity (Wildman–Crippen MR) is 181 cm³/mol. The van der Waals surface area contributed by atoms with Gasteiger partial charge in [0.05, 0.1) is 123 Å². The summed E-state index contributed by atoms with van der Waals surface area (Å²) in [5.41, 5.74) is -3.36. The molecule has 0 aliphatic rings. The van der Waals surface area contributed by atoms with Gasteiger partial charge in [0.25, 0.3) is 0 Å². The van der Waals surface area contributed by atoms with Crippen molar-refractivity contribution < 1.29 is 84.1 Å². The molecule has 0 saturated heterocycles. The molecule has 0 saturated carbocycles. The normalized spacial score (nSPS) is 11.9. The molecule has 308 valence electrons. The predicted octanol–water partition coefficient (Wildman–Crippen LogP) is 3.40. The van der Waals surface area contributed by atoms with Crippen LogP contribution in [0.1, 0.15) is 17.5 Å². The number of aromatic hydroxyl groups is 2. The van der Waals surface area contributed by atoms with E-state index in [1.165, 1.54) is 12.1 Å². The van der Waals surface area contributed by atoms with Gasteiger partial charge in [0.1, 0.15) is 0 Å². The zero-order valence-corrected chi connectivity index (χ0v) is 30.0. The number of nitrogens with one attached hydrogen (secondary N) is 2. The van der Waals surface area contributed by atoms with Gasteiger partial charge in [0.2, 0.25) is 11.8 Å². The highest BCUT2D eigenvalue weighted by molar-refractivity contribution is 7.80. The van der Waals surface area contributed by atoms with Gasteiger partial charge in [-0.2, -0.15) is 26.3 Å². The molecule has 0 bridgehead atoms. The molecule has 15 nitrogen and oxygen atoms in total. The minimum atomic E-state index is -4.96. The number of hydrogen-bond acceptors (Lipinski definition) is 13. The van der Waals surface area contributed by atoms with Gasteiger partial charge in [-0.05, 0) is 30.4 Å². The van der Waals surface area contributed by atoms with Crippen LogP contribution in [0.3, 0.4) is 0 Å². The topological polar surface area (TPSA) is 170 Å². The lowest BCUT2D eigenvalue weighted by atomic mass is 10.1. The fraction of sp³-hybridized carbons (Fsp3) is 0.625. The molecule has 0 spiro atoms. The molecule has 0 unspecified atom stereocenters. The highest BCUT2D eigenvalue weighted by Gasteiger charge is 2.37. The van der Waals surface area contributed by atoms with E-state index in [-0.39, 0.29) is 57.2 Å². The van der Waals surface area contributed by atoms with Gasteiger partial charge in [0, 0.05) is 24.4 Å². The Morgan fingerprint density at radius 2 is 0.944 bits per heavy atom. The molecule has 4 N–H and O–H groups in total. The lowest BCUT2D eigenvalue weighted by Crippen LogP contribution is -2.31. The first-order valence-electron chi connectivity index (χ1n) is 16.5. The van der Waals surface area contributed by atoms with Crippen LogP contribution < -0.4 is 15.5 Å². The minimum absolute atomic E-state index is 0.0336. The number of rotatable bonds is 29. The molecular weight excluding hydrogens is 764 g/mol. The summed E-state index contributed by atoms with van der Waals surface area (Å²) in [6.07, 6.45) is -10.0. The van der Waals surface area contributed by atoms with E-state index in [1.807, 2.05) is 0 Å². The van der Waals surface area contributed by atoms with Gasteiger partial charge >= 0.3 is 18.3 Å². The second kappa shape index (κ2) is 26.3. The number of alkyl halides is 6. The van der Waals surface area contributed by atoms with Crippen molar-refractivity contribution in [2.75, 3.05) is 118 Å². The molecule has 0 radical (unpaired) electrons. The fourth-order valence-electron chi connectivity index (χ4n) is 3.88. The molecule has 0 atom stereocenters. The minimum Gasteiger partial charge on any atom is -0.492 e. The van der Waals surface area contributed by atoms with Crippen LogP contribution in [0.2, 0.25) is 0 Å². The summed E-state index contributed by atoms with van der Waals surface area (Å²) in [6.45, 7) is 5.13. The van der Waals surface area contributed by atoms with Crippen LogP contribution in [-0.4, -0.2) is 138 Å². The number of nitrogens with zero attached hydrogens (tertiary/aromatic N) is 1. The third-order valence-corrected chi connectivity index (χ3v) is 6.67. The summed E-state index contributed by atoms with van der Waals surface area (Å²) in [5, 5.41) is 23.6. The fourth-order valence-corrected chi connectivity index (χ4v) is 4.10. The lowest BCUT2D eigenvalue weighted by molar-refractivity contribution is -0.147. The number of anilines is 1. The number of carbonyl (C=O) groups excluding carboxylic acids is 1. The number of benzene rings is 1. The van der Waals surface area contributed by atoms with Crippen LogP contribution in [0.25, 0.3) is 0 Å². The van der Waals surface area contributed by atoms with E-state index < -0.39 is 46.9 Å².